The van der Waals surface area contributed by atoms with Crippen LogP contribution in [0.1, 0.15) is 30.1 Å². The molecule has 17 heavy (non-hydrogen) atoms. The van der Waals surface area contributed by atoms with Gasteiger partial charge in [-0.25, -0.2) is 0 Å². The molecule has 0 heterocycles. The van der Waals surface area contributed by atoms with E-state index in [0.29, 0.717) is 22.7 Å². The van der Waals surface area contributed by atoms with Gasteiger partial charge in [0.25, 0.3) is 5.91 Å². The number of nitrogen functional groups attached to an aromatic ring is 1. The normalized spacial score (nSPS) is 12.2. The van der Waals surface area contributed by atoms with Crippen LogP contribution in [0.4, 0.5) is 5.69 Å². The lowest BCUT2D eigenvalue weighted by Gasteiger charge is -2.14. The highest BCUT2D eigenvalue weighted by molar-refractivity contribution is 6.34. The predicted molar refractivity (Wildman–Crippen MR) is 69.1 cm³/mol. The molecule has 0 aromatic heterocycles. The number of nitrogens with two attached hydrogens (primary N) is 1. The van der Waals surface area contributed by atoms with Crippen LogP contribution < -0.4 is 11.1 Å². The molecule has 94 valence electrons. The van der Waals surface area contributed by atoms with E-state index in [1.807, 2.05) is 6.92 Å². The third kappa shape index (κ3) is 4.24. The molecular weight excluding hydrogens is 240 g/mol. The number of rotatable bonds is 5. The minimum atomic E-state index is -0.243. The number of aliphatic hydroxyl groups is 1. The SMILES string of the molecule is CC(CCCO)NC(=O)c1cc(N)ccc1Cl. The van der Waals surface area contributed by atoms with Crippen molar-refractivity contribution in [3.8, 4) is 0 Å². The van der Waals surface area contributed by atoms with E-state index in [2.05, 4.69) is 5.32 Å². The topological polar surface area (TPSA) is 75.3 Å². The number of benzene rings is 1. The lowest BCUT2D eigenvalue weighted by Crippen LogP contribution is -2.32. The molecule has 0 fully saturated rings. The first-order valence-corrected chi connectivity index (χ1v) is 5.89. The maximum Gasteiger partial charge on any atom is 0.253 e. The van der Waals surface area contributed by atoms with Crippen molar-refractivity contribution in [1.29, 1.82) is 0 Å². The molecule has 0 spiro atoms. The van der Waals surface area contributed by atoms with E-state index in [9.17, 15) is 4.79 Å². The van der Waals surface area contributed by atoms with Crippen LogP contribution in [0.3, 0.4) is 0 Å². The van der Waals surface area contributed by atoms with E-state index in [0.717, 1.165) is 6.42 Å². The Morgan fingerprint density at radius 2 is 2.29 bits per heavy atom. The fraction of sp³-hybridized carbons (Fsp3) is 0.417. The summed E-state index contributed by atoms with van der Waals surface area (Å²) in [6.45, 7) is 2.01. The van der Waals surface area contributed by atoms with Gasteiger partial charge in [0.05, 0.1) is 10.6 Å². The van der Waals surface area contributed by atoms with Crippen molar-refractivity contribution in [1.82, 2.24) is 5.32 Å². The fourth-order valence-corrected chi connectivity index (χ4v) is 1.69. The molecule has 4 nitrogen and oxygen atoms in total. The van der Waals surface area contributed by atoms with Crippen molar-refractivity contribution in [3.05, 3.63) is 28.8 Å². The Morgan fingerprint density at radius 1 is 1.59 bits per heavy atom. The molecule has 0 saturated heterocycles. The zero-order valence-electron chi connectivity index (χ0n) is 9.74. The van der Waals surface area contributed by atoms with E-state index < -0.39 is 0 Å². The van der Waals surface area contributed by atoms with Gasteiger partial charge in [0.1, 0.15) is 0 Å². The summed E-state index contributed by atoms with van der Waals surface area (Å²) in [5.41, 5.74) is 6.48. The summed E-state index contributed by atoms with van der Waals surface area (Å²) in [6.07, 6.45) is 1.38. The van der Waals surface area contributed by atoms with Crippen LogP contribution in [-0.4, -0.2) is 23.7 Å². The van der Waals surface area contributed by atoms with Gasteiger partial charge < -0.3 is 16.2 Å². The second kappa shape index (κ2) is 6.47. The molecule has 0 saturated carbocycles. The number of nitrogens with one attached hydrogen (secondary N) is 1. The van der Waals surface area contributed by atoms with E-state index in [1.54, 1.807) is 18.2 Å². The Balaban J connectivity index is 2.66. The van der Waals surface area contributed by atoms with Crippen molar-refractivity contribution < 1.29 is 9.90 Å². The first kappa shape index (κ1) is 13.8. The zero-order valence-corrected chi connectivity index (χ0v) is 10.5. The van der Waals surface area contributed by atoms with Gasteiger partial charge in [-0.15, -0.1) is 0 Å². The molecule has 0 aliphatic heterocycles. The van der Waals surface area contributed by atoms with Gasteiger partial charge in [0, 0.05) is 18.3 Å². The highest BCUT2D eigenvalue weighted by Crippen LogP contribution is 2.18. The average molecular weight is 257 g/mol. The standard InChI is InChI=1S/C12H17ClN2O2/c1-8(3-2-6-16)15-12(17)10-7-9(14)4-5-11(10)13/h4-5,7-8,16H,2-3,6,14H2,1H3,(H,15,17). The summed E-state index contributed by atoms with van der Waals surface area (Å²) in [6, 6.07) is 4.79. The first-order valence-electron chi connectivity index (χ1n) is 5.51. The van der Waals surface area contributed by atoms with Crippen molar-refractivity contribution in [2.45, 2.75) is 25.8 Å². The smallest absolute Gasteiger partial charge is 0.253 e. The van der Waals surface area contributed by atoms with Crippen molar-refractivity contribution in [2.24, 2.45) is 0 Å². The van der Waals surface area contributed by atoms with Crippen LogP contribution >= 0.6 is 11.6 Å². The number of amides is 1. The first-order chi connectivity index (χ1) is 8.04. The molecule has 0 aliphatic rings. The summed E-state index contributed by atoms with van der Waals surface area (Å²) in [4.78, 5) is 11.9. The van der Waals surface area contributed by atoms with E-state index in [1.165, 1.54) is 0 Å². The van der Waals surface area contributed by atoms with Gasteiger partial charge in [-0.1, -0.05) is 11.6 Å². The van der Waals surface area contributed by atoms with Gasteiger partial charge in [-0.2, -0.15) is 0 Å². The van der Waals surface area contributed by atoms with Crippen LogP contribution in [0.5, 0.6) is 0 Å². The quantitative estimate of drug-likeness (QED) is 0.704. The number of hydrogen-bond donors (Lipinski definition) is 3. The van der Waals surface area contributed by atoms with Crippen LogP contribution in [0.15, 0.2) is 18.2 Å². The maximum absolute atomic E-state index is 11.9. The molecule has 1 aromatic rings. The Labute approximate surface area is 106 Å². The molecule has 0 aliphatic carbocycles. The molecule has 1 aromatic carbocycles. The Morgan fingerprint density at radius 3 is 2.94 bits per heavy atom. The average Bonchev–Trinajstić information content (AvgIpc) is 2.29. The van der Waals surface area contributed by atoms with Crippen molar-refractivity contribution >= 4 is 23.2 Å². The Hall–Kier alpha value is -1.26. The number of carbonyl (C=O) groups is 1. The summed E-state index contributed by atoms with van der Waals surface area (Å²) in [5, 5.41) is 11.9. The number of carbonyl (C=O) groups excluding carboxylic acids is 1. The molecule has 1 amide bonds. The van der Waals surface area contributed by atoms with Gasteiger partial charge in [0.2, 0.25) is 0 Å². The molecule has 4 N–H and O–H groups in total. The van der Waals surface area contributed by atoms with E-state index in [-0.39, 0.29) is 18.6 Å². The Bertz CT molecular complexity index is 396. The third-order valence-corrected chi connectivity index (χ3v) is 2.74. The van der Waals surface area contributed by atoms with E-state index >= 15 is 0 Å². The van der Waals surface area contributed by atoms with Crippen LogP contribution in [0.2, 0.25) is 5.02 Å². The van der Waals surface area contributed by atoms with Gasteiger partial charge in [-0.05, 0) is 38.0 Å². The molecule has 0 bridgehead atoms. The third-order valence-electron chi connectivity index (χ3n) is 2.41. The predicted octanol–water partition coefficient (Wildman–Crippen LogP) is 1.81. The minimum Gasteiger partial charge on any atom is -0.399 e. The highest BCUT2D eigenvalue weighted by Gasteiger charge is 2.13. The van der Waals surface area contributed by atoms with Gasteiger partial charge in [-0.3, -0.25) is 4.79 Å². The second-order valence-corrected chi connectivity index (χ2v) is 4.39. The number of hydrogen-bond acceptors (Lipinski definition) is 3. The number of aliphatic hydroxyl groups excluding tert-OH is 1. The largest absolute Gasteiger partial charge is 0.399 e. The molecule has 5 heteroatoms. The molecule has 0 radical (unpaired) electrons. The monoisotopic (exact) mass is 256 g/mol. The van der Waals surface area contributed by atoms with Crippen LogP contribution in [0.25, 0.3) is 0 Å². The van der Waals surface area contributed by atoms with Crippen molar-refractivity contribution in [3.63, 3.8) is 0 Å². The summed E-state index contributed by atoms with van der Waals surface area (Å²) in [5.74, 6) is -0.243. The lowest BCUT2D eigenvalue weighted by atomic mass is 10.1. The Kier molecular flexibility index (Phi) is 5.25. The summed E-state index contributed by atoms with van der Waals surface area (Å²) in [7, 11) is 0. The molecule has 1 atom stereocenters. The maximum atomic E-state index is 11.9. The van der Waals surface area contributed by atoms with Crippen LogP contribution in [-0.2, 0) is 0 Å². The molecule has 1 rings (SSSR count). The molecule has 1 unspecified atom stereocenters. The second-order valence-electron chi connectivity index (χ2n) is 3.98. The summed E-state index contributed by atoms with van der Waals surface area (Å²) >= 11 is 5.92. The van der Waals surface area contributed by atoms with E-state index in [4.69, 9.17) is 22.4 Å². The fourth-order valence-electron chi connectivity index (χ4n) is 1.49. The zero-order chi connectivity index (χ0) is 12.8. The van der Waals surface area contributed by atoms with Crippen molar-refractivity contribution in [2.75, 3.05) is 12.3 Å². The van der Waals surface area contributed by atoms with Gasteiger partial charge in [0.15, 0.2) is 0 Å². The van der Waals surface area contributed by atoms with Crippen LogP contribution in [0, 0.1) is 0 Å². The summed E-state index contributed by atoms with van der Waals surface area (Å²) < 4.78 is 0. The minimum absolute atomic E-state index is 0.00727. The number of anilines is 1. The number of halogens is 1. The van der Waals surface area contributed by atoms with Gasteiger partial charge >= 0.3 is 0 Å². The lowest BCUT2D eigenvalue weighted by molar-refractivity contribution is 0.0936. The molecular formula is C12H17ClN2O2. The highest BCUT2D eigenvalue weighted by atomic mass is 35.5.